The number of nitrogens with one attached hydrogen (secondary N) is 2. The first-order chi connectivity index (χ1) is 21.2. The highest BCUT2D eigenvalue weighted by molar-refractivity contribution is 6.36. The number of hydrogen-bond donors (Lipinski definition) is 3. The van der Waals surface area contributed by atoms with Crippen molar-refractivity contribution in [3.05, 3.63) is 125 Å². The van der Waals surface area contributed by atoms with Crippen LogP contribution in [0.15, 0.2) is 83.0 Å². The number of halogens is 6. The lowest BCUT2D eigenvalue weighted by atomic mass is 10.2. The van der Waals surface area contributed by atoms with E-state index in [-0.39, 0.29) is 13.2 Å². The number of hydrazine groups is 3. The molecule has 4 aromatic rings. The van der Waals surface area contributed by atoms with E-state index in [4.69, 9.17) is 90.3 Å². The minimum absolute atomic E-state index is 0.149. The van der Waals surface area contributed by atoms with Gasteiger partial charge < -0.3 is 9.47 Å². The fourth-order valence-electron chi connectivity index (χ4n) is 3.57. The van der Waals surface area contributed by atoms with Gasteiger partial charge in [-0.25, -0.2) is 0 Å². The maximum absolute atomic E-state index is 7.45. The highest BCUT2D eigenvalue weighted by Gasteiger charge is 2.22. The van der Waals surface area contributed by atoms with E-state index < -0.39 is 0 Å². The van der Waals surface area contributed by atoms with E-state index in [0.29, 0.717) is 58.3 Å². The van der Waals surface area contributed by atoms with Crippen molar-refractivity contribution in [3.63, 3.8) is 0 Å². The molecule has 0 heterocycles. The van der Waals surface area contributed by atoms with Gasteiger partial charge in [-0.3, -0.25) is 5.41 Å². The number of benzene rings is 4. The van der Waals surface area contributed by atoms with Gasteiger partial charge in [0, 0.05) is 52.7 Å². The van der Waals surface area contributed by atoms with Crippen molar-refractivity contribution >= 4 is 88.4 Å². The molecule has 0 atom stereocenters. The molecule has 4 rings (SSSR count). The van der Waals surface area contributed by atoms with Crippen molar-refractivity contribution in [1.29, 1.82) is 5.41 Å². The molecule has 0 aromatic heterocycles. The van der Waals surface area contributed by atoms with Crippen LogP contribution in [0.3, 0.4) is 0 Å². The van der Waals surface area contributed by atoms with Gasteiger partial charge in [-0.05, 0) is 42.5 Å². The molecule has 0 aliphatic carbocycles. The van der Waals surface area contributed by atoms with Gasteiger partial charge in [0.2, 0.25) is 5.23 Å². The molecule has 44 heavy (non-hydrogen) atoms. The summed E-state index contributed by atoms with van der Waals surface area (Å²) in [6.45, 7) is 0.324. The standard InChI is InChI=1S/C29H23Cl6N7O2/c30-22-9-10-24(32)21(11-22)16-44-27-6-2-4-19(29(27)35)14-39-42(40-17-36)41(37)38-13-18-3-1-5-26(28(18)34)43-15-20-7-8-23(31)12-25(20)33/h1-14,17H,15-16,37H2,(H2,36,40)/q+1/b38-13+,39-14+. The fourth-order valence-corrected chi connectivity index (χ4v) is 4.86. The van der Waals surface area contributed by atoms with Crippen LogP contribution in [0.25, 0.3) is 0 Å². The van der Waals surface area contributed by atoms with Gasteiger partial charge in [0.15, 0.2) is 0 Å². The maximum Gasteiger partial charge on any atom is 0.249 e. The highest BCUT2D eigenvalue weighted by atomic mass is 35.5. The third kappa shape index (κ3) is 9.13. The van der Waals surface area contributed by atoms with E-state index in [2.05, 4.69) is 15.6 Å². The SMILES string of the molecule is N=CN[N+](/N=C/c1cccc(OCc2cc(Cl)ccc2Cl)c1Cl)N(N)/N=C/c1cccc(OCc2ccc(Cl)cc2Cl)c1Cl. The van der Waals surface area contributed by atoms with Crippen LogP contribution in [0.5, 0.6) is 11.5 Å². The number of hydrazone groups is 2. The molecule has 1 radical (unpaired) electrons. The van der Waals surface area contributed by atoms with E-state index in [1.54, 1.807) is 72.8 Å². The molecule has 0 saturated heterocycles. The smallest absolute Gasteiger partial charge is 0.249 e. The number of ether oxygens (including phenoxy) is 2. The van der Waals surface area contributed by atoms with Gasteiger partial charge in [-0.15, -0.1) is 10.5 Å². The summed E-state index contributed by atoms with van der Waals surface area (Å²) >= 11 is 37.6. The lowest BCUT2D eigenvalue weighted by Crippen LogP contribution is -2.53. The lowest BCUT2D eigenvalue weighted by molar-refractivity contribution is 0.0523. The van der Waals surface area contributed by atoms with Crippen LogP contribution < -0.4 is 26.0 Å². The molecular formula is C29H23Cl6N7O2+. The second-order valence-corrected chi connectivity index (χ2v) is 11.2. The Morgan fingerprint density at radius 1 is 0.750 bits per heavy atom. The zero-order valence-corrected chi connectivity index (χ0v) is 27.1. The molecule has 9 nitrogen and oxygen atoms in total. The van der Waals surface area contributed by atoms with Gasteiger partial charge in [0.25, 0.3) is 0 Å². The van der Waals surface area contributed by atoms with Gasteiger partial charge in [0.1, 0.15) is 37.3 Å². The molecule has 0 bridgehead atoms. The molecule has 0 fully saturated rings. The second-order valence-electron chi connectivity index (χ2n) is 8.74. The summed E-state index contributed by atoms with van der Waals surface area (Å²) in [5.74, 6) is 6.88. The summed E-state index contributed by atoms with van der Waals surface area (Å²) in [6, 6.07) is 20.6. The number of nitrogens with zero attached hydrogens (tertiary/aromatic N) is 4. The Balaban J connectivity index is 1.44. The molecule has 0 spiro atoms. The van der Waals surface area contributed by atoms with Crippen LogP contribution in [0.2, 0.25) is 30.1 Å². The van der Waals surface area contributed by atoms with E-state index >= 15 is 0 Å². The van der Waals surface area contributed by atoms with Crippen molar-refractivity contribution in [1.82, 2.24) is 15.9 Å². The van der Waals surface area contributed by atoms with Crippen LogP contribution in [-0.2, 0) is 13.2 Å². The zero-order chi connectivity index (χ0) is 31.6. The average molecular weight is 714 g/mol. The first-order valence-electron chi connectivity index (χ1n) is 12.5. The van der Waals surface area contributed by atoms with Crippen LogP contribution in [-0.4, -0.2) is 24.0 Å². The fraction of sp³-hybridized carbons (Fsp3) is 0.0690. The molecular weight excluding hydrogens is 691 g/mol. The molecule has 0 saturated carbocycles. The quantitative estimate of drug-likeness (QED) is 0.0423. The molecule has 0 amide bonds. The van der Waals surface area contributed by atoms with Crippen LogP contribution in [0.4, 0.5) is 0 Å². The minimum Gasteiger partial charge on any atom is -0.487 e. The minimum atomic E-state index is 0.149. The number of rotatable bonds is 13. The van der Waals surface area contributed by atoms with Crippen LogP contribution >= 0.6 is 69.6 Å². The second kappa shape index (κ2) is 16.2. The van der Waals surface area contributed by atoms with Gasteiger partial charge >= 0.3 is 0 Å². The molecule has 0 aliphatic rings. The third-order valence-corrected chi connectivity index (χ3v) is 7.77. The Morgan fingerprint density at radius 2 is 1.34 bits per heavy atom. The predicted molar refractivity (Wildman–Crippen MR) is 180 cm³/mol. The number of hydrogen-bond acceptors (Lipinski definition) is 8. The largest absolute Gasteiger partial charge is 0.487 e. The molecule has 4 N–H and O–H groups in total. The van der Waals surface area contributed by atoms with Crippen molar-refractivity contribution < 1.29 is 9.47 Å². The summed E-state index contributed by atoms with van der Waals surface area (Å²) in [4.78, 5) is 0. The van der Waals surface area contributed by atoms with Gasteiger partial charge in [0.05, 0.1) is 16.3 Å². The van der Waals surface area contributed by atoms with Crippen molar-refractivity contribution in [3.8, 4) is 11.5 Å². The first kappa shape index (κ1) is 33.6. The Bertz CT molecular complexity index is 1690. The summed E-state index contributed by atoms with van der Waals surface area (Å²) in [5.41, 5.74) is 5.00. The Kier molecular flexibility index (Phi) is 12.4. The normalized spacial score (nSPS) is 11.4. The first-order valence-corrected chi connectivity index (χ1v) is 14.8. The van der Waals surface area contributed by atoms with Gasteiger partial charge in [-0.2, -0.15) is 5.84 Å². The Morgan fingerprint density at radius 3 is 1.98 bits per heavy atom. The maximum atomic E-state index is 7.45. The summed E-state index contributed by atoms with van der Waals surface area (Å²) < 4.78 is 11.7. The molecule has 0 unspecified atom stereocenters. The number of nitrogens with two attached hydrogens (primary N) is 1. The topological polar surface area (TPSA) is 114 Å². The highest BCUT2D eigenvalue weighted by Crippen LogP contribution is 2.31. The Hall–Kier alpha value is -3.25. The summed E-state index contributed by atoms with van der Waals surface area (Å²) in [7, 11) is 0. The molecule has 227 valence electrons. The third-order valence-electron chi connectivity index (χ3n) is 5.77. The molecule has 4 aromatic carbocycles. The van der Waals surface area contributed by atoms with Crippen LogP contribution in [0, 0.1) is 5.41 Å². The van der Waals surface area contributed by atoms with Gasteiger partial charge in [-0.1, -0.05) is 99.9 Å². The van der Waals surface area contributed by atoms with E-state index in [9.17, 15) is 0 Å². The molecule has 0 aliphatic heterocycles. The lowest BCUT2D eigenvalue weighted by Gasteiger charge is -2.12. The van der Waals surface area contributed by atoms with Crippen molar-refractivity contribution in [2.45, 2.75) is 13.2 Å². The van der Waals surface area contributed by atoms with E-state index in [1.165, 1.54) is 12.4 Å². The van der Waals surface area contributed by atoms with Crippen molar-refractivity contribution in [2.24, 2.45) is 16.0 Å². The zero-order valence-electron chi connectivity index (χ0n) is 22.5. The van der Waals surface area contributed by atoms with Crippen LogP contribution in [0.1, 0.15) is 22.3 Å². The monoisotopic (exact) mass is 711 g/mol. The summed E-state index contributed by atoms with van der Waals surface area (Å²) in [6.07, 6.45) is 3.68. The average Bonchev–Trinajstić information content (AvgIpc) is 3.00. The summed E-state index contributed by atoms with van der Waals surface area (Å²) in [5, 5.41) is 20.4. The van der Waals surface area contributed by atoms with E-state index in [1.807, 2.05) is 0 Å². The van der Waals surface area contributed by atoms with Crippen molar-refractivity contribution in [2.75, 3.05) is 0 Å². The Labute approximate surface area is 283 Å². The predicted octanol–water partition coefficient (Wildman–Crippen LogP) is 8.48. The van der Waals surface area contributed by atoms with E-state index in [0.717, 1.165) is 22.4 Å². The molecule has 15 heteroatoms.